The topological polar surface area (TPSA) is 56.0 Å². The summed E-state index contributed by atoms with van der Waals surface area (Å²) in [6, 6.07) is 5.78. The largest absolute Gasteiger partial charge is 0.402 e. The van der Waals surface area contributed by atoms with Crippen molar-refractivity contribution < 1.29 is 13.9 Å². The molecule has 0 saturated carbocycles. The predicted octanol–water partition coefficient (Wildman–Crippen LogP) is 3.50. The Labute approximate surface area is 140 Å². The van der Waals surface area contributed by atoms with Crippen molar-refractivity contribution in [2.75, 3.05) is 0 Å². The third-order valence-electron chi connectivity index (χ3n) is 3.63. The van der Waals surface area contributed by atoms with Gasteiger partial charge in [-0.15, -0.1) is 11.3 Å². The van der Waals surface area contributed by atoms with Crippen LogP contribution in [-0.4, -0.2) is 21.3 Å². The van der Waals surface area contributed by atoms with Crippen LogP contribution in [0.2, 0.25) is 0 Å². The van der Waals surface area contributed by atoms with E-state index >= 15 is 0 Å². The maximum atomic E-state index is 13.3. The lowest BCUT2D eigenvalue weighted by atomic mass is 10.2. The van der Waals surface area contributed by atoms with Crippen LogP contribution >= 0.6 is 11.3 Å². The second kappa shape index (κ2) is 5.38. The lowest BCUT2D eigenvalue weighted by molar-refractivity contribution is -0.129. The smallest absolute Gasteiger partial charge is 0.363 e. The van der Waals surface area contributed by atoms with Gasteiger partial charge < -0.3 is 4.74 Å². The lowest BCUT2D eigenvalue weighted by Gasteiger charge is -1.98. The summed E-state index contributed by atoms with van der Waals surface area (Å²) >= 11 is 1.57. The highest BCUT2D eigenvalue weighted by atomic mass is 32.1. The number of hydrogen-bond donors (Lipinski definition) is 0. The number of aromatic nitrogens is 2. The molecule has 0 unspecified atom stereocenters. The van der Waals surface area contributed by atoms with E-state index < -0.39 is 11.8 Å². The quantitative estimate of drug-likeness (QED) is 0.529. The van der Waals surface area contributed by atoms with Gasteiger partial charge >= 0.3 is 5.97 Å². The van der Waals surface area contributed by atoms with E-state index in [0.29, 0.717) is 5.56 Å². The van der Waals surface area contributed by atoms with Crippen LogP contribution in [0.15, 0.2) is 41.2 Å². The number of imidazole rings is 1. The Kier molecular flexibility index (Phi) is 3.31. The number of benzene rings is 1. The van der Waals surface area contributed by atoms with Crippen molar-refractivity contribution in [2.24, 2.45) is 4.99 Å². The maximum absolute atomic E-state index is 13.3. The van der Waals surface area contributed by atoms with Crippen molar-refractivity contribution >= 4 is 34.2 Å². The number of halogens is 1. The van der Waals surface area contributed by atoms with Gasteiger partial charge in [-0.05, 0) is 38.1 Å². The summed E-state index contributed by atoms with van der Waals surface area (Å²) in [6.45, 7) is 3.87. The number of thiazole rings is 1. The molecule has 1 aromatic carbocycles. The van der Waals surface area contributed by atoms with E-state index in [1.54, 1.807) is 29.5 Å². The van der Waals surface area contributed by atoms with Crippen LogP contribution in [0.4, 0.5) is 4.39 Å². The average Bonchev–Trinajstić information content (AvgIpc) is 3.15. The molecule has 7 heteroatoms. The number of fused-ring (bicyclic) bond motifs is 1. The molecule has 0 amide bonds. The molecule has 3 heterocycles. The molecule has 3 aromatic rings. The molecule has 1 aliphatic heterocycles. The number of cyclic esters (lactones) is 1. The zero-order valence-corrected chi connectivity index (χ0v) is 13.7. The van der Waals surface area contributed by atoms with Crippen LogP contribution < -0.4 is 0 Å². The second-order valence-corrected chi connectivity index (χ2v) is 6.64. The first kappa shape index (κ1) is 14.8. The van der Waals surface area contributed by atoms with Crippen molar-refractivity contribution in [3.8, 4) is 0 Å². The van der Waals surface area contributed by atoms with Gasteiger partial charge in [-0.3, -0.25) is 4.40 Å². The second-order valence-electron chi connectivity index (χ2n) is 5.42. The molecule has 5 nitrogen and oxygen atoms in total. The molecule has 120 valence electrons. The molecule has 0 radical (unpaired) electrons. The average molecular weight is 341 g/mol. The van der Waals surface area contributed by atoms with Gasteiger partial charge in [-0.2, -0.15) is 0 Å². The summed E-state index contributed by atoms with van der Waals surface area (Å²) in [5.74, 6) is -0.869. The standard InChI is InChI=1S/C17H12FN3O2S/c1-9-8-21-14(10(2)19-17(21)24-9)7-13-16(22)23-15(20-13)11-4-3-5-12(18)6-11/h3-8H,1-2H3/b13-7-. The number of aryl methyl sites for hydroxylation is 2. The maximum Gasteiger partial charge on any atom is 0.363 e. The highest BCUT2D eigenvalue weighted by Gasteiger charge is 2.25. The van der Waals surface area contributed by atoms with E-state index in [1.165, 1.54) is 12.1 Å². The molecule has 0 spiro atoms. The number of carbonyl (C=O) groups is 1. The third-order valence-corrected chi connectivity index (χ3v) is 4.53. The van der Waals surface area contributed by atoms with E-state index in [9.17, 15) is 9.18 Å². The number of aliphatic imine (C=N–C) groups is 1. The van der Waals surface area contributed by atoms with Crippen molar-refractivity contribution in [2.45, 2.75) is 13.8 Å². The number of esters is 1. The highest BCUT2D eigenvalue weighted by molar-refractivity contribution is 7.17. The van der Waals surface area contributed by atoms with Crippen LogP contribution in [0.25, 0.3) is 11.0 Å². The molecule has 0 N–H and O–H groups in total. The molecule has 24 heavy (non-hydrogen) atoms. The molecule has 0 fully saturated rings. The van der Waals surface area contributed by atoms with E-state index in [0.717, 1.165) is 21.2 Å². The van der Waals surface area contributed by atoms with E-state index in [4.69, 9.17) is 4.74 Å². The zero-order valence-electron chi connectivity index (χ0n) is 12.9. The molecule has 2 aromatic heterocycles. The first-order valence-electron chi connectivity index (χ1n) is 7.25. The van der Waals surface area contributed by atoms with E-state index in [1.807, 2.05) is 24.4 Å². The Morgan fingerprint density at radius 2 is 2.17 bits per heavy atom. The molecule has 0 atom stereocenters. The summed E-state index contributed by atoms with van der Waals surface area (Å²) < 4.78 is 20.4. The normalized spacial score (nSPS) is 16.0. The van der Waals surface area contributed by atoms with Crippen LogP contribution in [0.3, 0.4) is 0 Å². The number of hydrogen-bond acceptors (Lipinski definition) is 5. The number of nitrogens with zero attached hydrogens (tertiary/aromatic N) is 3. The molecule has 0 bridgehead atoms. The van der Waals surface area contributed by atoms with Crippen LogP contribution in [0.1, 0.15) is 21.8 Å². The summed E-state index contributed by atoms with van der Waals surface area (Å²) in [5, 5.41) is 0. The first-order chi connectivity index (χ1) is 11.5. The molecule has 0 aliphatic carbocycles. The van der Waals surface area contributed by atoms with Gasteiger partial charge in [0.25, 0.3) is 0 Å². The van der Waals surface area contributed by atoms with Gasteiger partial charge in [0.05, 0.1) is 11.4 Å². The van der Waals surface area contributed by atoms with Gasteiger partial charge in [0.15, 0.2) is 10.7 Å². The molecule has 1 aliphatic rings. The lowest BCUT2D eigenvalue weighted by Crippen LogP contribution is -2.05. The van der Waals surface area contributed by atoms with Crippen LogP contribution in [0.5, 0.6) is 0 Å². The fraction of sp³-hybridized carbons (Fsp3) is 0.118. The summed E-state index contributed by atoms with van der Waals surface area (Å²) in [7, 11) is 0. The number of rotatable bonds is 2. The van der Waals surface area contributed by atoms with Crippen molar-refractivity contribution in [1.82, 2.24) is 9.38 Å². The number of ether oxygens (including phenoxy) is 1. The van der Waals surface area contributed by atoms with Crippen molar-refractivity contribution in [3.63, 3.8) is 0 Å². The van der Waals surface area contributed by atoms with Gasteiger partial charge in [-0.25, -0.2) is 19.2 Å². The predicted molar refractivity (Wildman–Crippen MR) is 89.5 cm³/mol. The minimum Gasteiger partial charge on any atom is -0.402 e. The fourth-order valence-corrected chi connectivity index (χ4v) is 3.42. The summed E-state index contributed by atoms with van der Waals surface area (Å²) in [4.78, 5) is 22.8. The molecule has 0 saturated heterocycles. The van der Waals surface area contributed by atoms with Crippen LogP contribution in [-0.2, 0) is 9.53 Å². The first-order valence-corrected chi connectivity index (χ1v) is 8.06. The highest BCUT2D eigenvalue weighted by Crippen LogP contribution is 2.25. The van der Waals surface area contributed by atoms with E-state index in [-0.39, 0.29) is 11.6 Å². The van der Waals surface area contributed by atoms with Crippen LogP contribution in [0, 0.1) is 19.7 Å². The van der Waals surface area contributed by atoms with Gasteiger partial charge in [-0.1, -0.05) is 6.07 Å². The van der Waals surface area contributed by atoms with Crippen molar-refractivity contribution in [1.29, 1.82) is 0 Å². The monoisotopic (exact) mass is 341 g/mol. The SMILES string of the molecule is Cc1cn2c(/C=C3\N=C(c4cccc(F)c4)OC3=O)c(C)nc2s1. The van der Waals surface area contributed by atoms with Gasteiger partial charge in [0, 0.05) is 16.6 Å². The third kappa shape index (κ3) is 2.43. The van der Waals surface area contributed by atoms with Gasteiger partial charge in [0.1, 0.15) is 5.82 Å². The minimum atomic E-state index is -0.560. The van der Waals surface area contributed by atoms with Crippen molar-refractivity contribution in [3.05, 3.63) is 63.8 Å². The Hall–Kier alpha value is -2.80. The Morgan fingerprint density at radius 1 is 1.33 bits per heavy atom. The fourth-order valence-electron chi connectivity index (χ4n) is 2.54. The molecule has 4 rings (SSSR count). The minimum absolute atomic E-state index is 0.102. The molecular weight excluding hydrogens is 329 g/mol. The summed E-state index contributed by atoms with van der Waals surface area (Å²) in [5.41, 5.74) is 2.18. The van der Waals surface area contributed by atoms with Gasteiger partial charge in [0.2, 0.25) is 5.90 Å². The van der Waals surface area contributed by atoms with E-state index in [2.05, 4.69) is 9.98 Å². The Bertz CT molecular complexity index is 1050. The Balaban J connectivity index is 1.79. The Morgan fingerprint density at radius 3 is 2.96 bits per heavy atom. The zero-order chi connectivity index (χ0) is 16.8. The molecular formula is C17H12FN3O2S. The summed E-state index contributed by atoms with van der Waals surface area (Å²) in [6.07, 6.45) is 3.61. The number of carbonyl (C=O) groups excluding carboxylic acids is 1.